The molecule has 0 amide bonds. The highest BCUT2D eigenvalue weighted by molar-refractivity contribution is 14.1. The van der Waals surface area contributed by atoms with Crippen molar-refractivity contribution in [3.8, 4) is 5.75 Å². The third-order valence-electron chi connectivity index (χ3n) is 3.10. The summed E-state index contributed by atoms with van der Waals surface area (Å²) >= 11 is 2.09. The molecule has 20 heavy (non-hydrogen) atoms. The summed E-state index contributed by atoms with van der Waals surface area (Å²) < 4.78 is 21.2. The fourth-order valence-corrected chi connectivity index (χ4v) is 2.93. The summed E-state index contributed by atoms with van der Waals surface area (Å²) in [5, 5.41) is 4.32. The van der Waals surface area contributed by atoms with Crippen LogP contribution in [-0.2, 0) is 0 Å². The lowest BCUT2D eigenvalue weighted by Gasteiger charge is -2.19. The maximum Gasteiger partial charge on any atom is 0.161 e. The summed E-state index contributed by atoms with van der Waals surface area (Å²) in [7, 11) is 1.59. The zero-order valence-electron chi connectivity index (χ0n) is 11.6. The number of benzene rings is 1. The van der Waals surface area contributed by atoms with Crippen LogP contribution in [0.5, 0.6) is 5.75 Å². The van der Waals surface area contributed by atoms with Gasteiger partial charge < -0.3 is 10.5 Å². The molecule has 0 bridgehead atoms. The second-order valence-corrected chi connectivity index (χ2v) is 5.94. The molecule has 0 aliphatic carbocycles. The first-order valence-corrected chi connectivity index (χ1v) is 7.35. The van der Waals surface area contributed by atoms with Crippen molar-refractivity contribution in [2.75, 3.05) is 7.11 Å². The summed E-state index contributed by atoms with van der Waals surface area (Å²) in [6.07, 6.45) is 1.66. The number of ether oxygens (including phenoxy) is 1. The van der Waals surface area contributed by atoms with Gasteiger partial charge in [-0.05, 0) is 54.1 Å². The van der Waals surface area contributed by atoms with Crippen LogP contribution in [-0.4, -0.2) is 16.9 Å². The van der Waals surface area contributed by atoms with Gasteiger partial charge in [-0.3, -0.25) is 4.68 Å². The van der Waals surface area contributed by atoms with E-state index in [1.807, 2.05) is 18.5 Å². The first-order chi connectivity index (χ1) is 9.45. The van der Waals surface area contributed by atoms with E-state index < -0.39 is 6.04 Å². The second kappa shape index (κ2) is 6.09. The summed E-state index contributed by atoms with van der Waals surface area (Å²) in [6.45, 7) is 4.05. The monoisotopic (exact) mass is 389 g/mol. The SMILES string of the molecule is COc1cnn(C(C)C)c1C(N)c1ccc(F)cc1I. The fourth-order valence-electron chi connectivity index (χ4n) is 2.12. The minimum absolute atomic E-state index is 0.165. The largest absolute Gasteiger partial charge is 0.493 e. The van der Waals surface area contributed by atoms with Gasteiger partial charge >= 0.3 is 0 Å². The minimum atomic E-state index is -0.414. The highest BCUT2D eigenvalue weighted by Crippen LogP contribution is 2.32. The summed E-state index contributed by atoms with van der Waals surface area (Å²) in [5.74, 6) is 0.376. The van der Waals surface area contributed by atoms with Gasteiger partial charge in [-0.2, -0.15) is 5.10 Å². The van der Waals surface area contributed by atoms with Gasteiger partial charge in [0.15, 0.2) is 5.75 Å². The molecule has 2 rings (SSSR count). The molecule has 0 aliphatic rings. The quantitative estimate of drug-likeness (QED) is 0.817. The molecule has 1 atom stereocenters. The Morgan fingerprint density at radius 1 is 1.40 bits per heavy atom. The zero-order valence-corrected chi connectivity index (χ0v) is 13.8. The van der Waals surface area contributed by atoms with Crippen molar-refractivity contribution in [3.05, 3.63) is 45.0 Å². The Bertz CT molecular complexity index is 612. The van der Waals surface area contributed by atoms with Gasteiger partial charge in [0.25, 0.3) is 0 Å². The Kier molecular flexibility index (Phi) is 4.64. The number of halogens is 2. The molecule has 0 aliphatic heterocycles. The van der Waals surface area contributed by atoms with Crippen LogP contribution in [0.15, 0.2) is 24.4 Å². The molecule has 6 heteroatoms. The van der Waals surface area contributed by atoms with Crippen LogP contribution in [0.25, 0.3) is 0 Å². The Morgan fingerprint density at radius 3 is 2.65 bits per heavy atom. The topological polar surface area (TPSA) is 53.1 Å². The average molecular weight is 389 g/mol. The Balaban J connectivity index is 2.52. The Hall–Kier alpha value is -1.15. The number of aromatic nitrogens is 2. The highest BCUT2D eigenvalue weighted by Gasteiger charge is 2.23. The zero-order chi connectivity index (χ0) is 14.9. The molecule has 1 aromatic heterocycles. The van der Waals surface area contributed by atoms with Crippen molar-refractivity contribution in [3.63, 3.8) is 0 Å². The molecule has 2 aromatic rings. The van der Waals surface area contributed by atoms with E-state index in [1.54, 1.807) is 19.4 Å². The van der Waals surface area contributed by atoms with Gasteiger partial charge in [-0.25, -0.2) is 4.39 Å². The molecule has 0 spiro atoms. The van der Waals surface area contributed by atoms with Crippen molar-refractivity contribution in [1.29, 1.82) is 0 Å². The van der Waals surface area contributed by atoms with Gasteiger partial charge in [0.1, 0.15) is 11.5 Å². The van der Waals surface area contributed by atoms with Gasteiger partial charge in [-0.1, -0.05) is 6.07 Å². The maximum atomic E-state index is 13.2. The maximum absolute atomic E-state index is 13.2. The lowest BCUT2D eigenvalue weighted by Crippen LogP contribution is -2.20. The number of nitrogens with zero attached hydrogens (tertiary/aromatic N) is 2. The van der Waals surface area contributed by atoms with E-state index in [-0.39, 0.29) is 11.9 Å². The molecule has 1 heterocycles. The highest BCUT2D eigenvalue weighted by atomic mass is 127. The number of nitrogens with two attached hydrogens (primary N) is 1. The number of hydrogen-bond acceptors (Lipinski definition) is 3. The molecule has 0 saturated heterocycles. The minimum Gasteiger partial charge on any atom is -0.493 e. The third-order valence-corrected chi connectivity index (χ3v) is 4.03. The van der Waals surface area contributed by atoms with E-state index in [0.29, 0.717) is 5.75 Å². The van der Waals surface area contributed by atoms with Crippen molar-refractivity contribution < 1.29 is 9.13 Å². The predicted molar refractivity (Wildman–Crippen MR) is 84.3 cm³/mol. The predicted octanol–water partition coefficient (Wildman–Crippen LogP) is 3.26. The van der Waals surface area contributed by atoms with Gasteiger partial charge in [0.2, 0.25) is 0 Å². The van der Waals surface area contributed by atoms with Crippen molar-refractivity contribution in [1.82, 2.24) is 9.78 Å². The lowest BCUT2D eigenvalue weighted by atomic mass is 10.0. The molecule has 1 aromatic carbocycles. The van der Waals surface area contributed by atoms with Crippen LogP contribution in [0.3, 0.4) is 0 Å². The molecular weight excluding hydrogens is 372 g/mol. The molecular formula is C14H17FIN3O. The molecule has 4 nitrogen and oxygen atoms in total. The molecule has 108 valence electrons. The molecule has 0 fully saturated rings. The lowest BCUT2D eigenvalue weighted by molar-refractivity contribution is 0.400. The normalized spacial score (nSPS) is 12.8. The smallest absolute Gasteiger partial charge is 0.161 e. The summed E-state index contributed by atoms with van der Waals surface area (Å²) in [5.41, 5.74) is 8.01. The molecule has 1 unspecified atom stereocenters. The number of rotatable bonds is 4. The third kappa shape index (κ3) is 2.80. The van der Waals surface area contributed by atoms with Crippen LogP contribution >= 0.6 is 22.6 Å². The molecule has 0 saturated carbocycles. The van der Waals surface area contributed by atoms with Crippen molar-refractivity contribution >= 4 is 22.6 Å². The standard InChI is InChI=1S/C14H17FIN3O/c1-8(2)19-14(12(20-3)7-18-19)13(17)10-5-4-9(15)6-11(10)16/h4-8,13H,17H2,1-3H3. The molecule has 2 N–H and O–H groups in total. The van der Waals surface area contributed by atoms with Crippen molar-refractivity contribution in [2.24, 2.45) is 5.73 Å². The molecule has 0 radical (unpaired) electrons. The van der Waals surface area contributed by atoms with Crippen LogP contribution in [0.2, 0.25) is 0 Å². The van der Waals surface area contributed by atoms with E-state index in [4.69, 9.17) is 10.5 Å². The fraction of sp³-hybridized carbons (Fsp3) is 0.357. The average Bonchev–Trinajstić information content (AvgIpc) is 2.81. The van der Waals surface area contributed by atoms with E-state index in [0.717, 1.165) is 14.8 Å². The number of hydrogen-bond donors (Lipinski definition) is 1. The van der Waals surface area contributed by atoms with E-state index in [1.165, 1.54) is 12.1 Å². The van der Waals surface area contributed by atoms with Gasteiger partial charge in [-0.15, -0.1) is 0 Å². The Morgan fingerprint density at radius 2 is 2.10 bits per heavy atom. The van der Waals surface area contributed by atoms with Crippen LogP contribution in [0.4, 0.5) is 4.39 Å². The first-order valence-electron chi connectivity index (χ1n) is 6.27. The van der Waals surface area contributed by atoms with Crippen molar-refractivity contribution in [2.45, 2.75) is 25.9 Å². The van der Waals surface area contributed by atoms with Crippen LogP contribution in [0.1, 0.15) is 37.2 Å². The van der Waals surface area contributed by atoms with E-state index in [2.05, 4.69) is 27.7 Å². The first kappa shape index (κ1) is 15.2. The van der Waals surface area contributed by atoms with E-state index in [9.17, 15) is 4.39 Å². The second-order valence-electron chi connectivity index (χ2n) is 4.78. The summed E-state index contributed by atoms with van der Waals surface area (Å²) in [4.78, 5) is 0. The van der Waals surface area contributed by atoms with E-state index >= 15 is 0 Å². The number of methoxy groups -OCH3 is 1. The van der Waals surface area contributed by atoms with Crippen LogP contribution in [0, 0.1) is 9.39 Å². The Labute approximate surface area is 131 Å². The van der Waals surface area contributed by atoms with Gasteiger partial charge in [0.05, 0.1) is 19.3 Å². The summed E-state index contributed by atoms with van der Waals surface area (Å²) in [6, 6.07) is 4.34. The van der Waals surface area contributed by atoms with Gasteiger partial charge in [0, 0.05) is 9.61 Å². The van der Waals surface area contributed by atoms with Crippen LogP contribution < -0.4 is 10.5 Å².